The van der Waals surface area contributed by atoms with Gasteiger partial charge < -0.3 is 9.90 Å². The molecule has 1 aromatic rings. The molecule has 8 heteroatoms. The van der Waals surface area contributed by atoms with E-state index < -0.39 is 5.97 Å². The first-order chi connectivity index (χ1) is 10.1. The zero-order valence-corrected chi connectivity index (χ0v) is 15.7. The van der Waals surface area contributed by atoms with Gasteiger partial charge in [-0.05, 0) is 23.5 Å². The molecule has 0 radical (unpaired) electrons. The predicted octanol–water partition coefficient (Wildman–Crippen LogP) is -1.94. The molecule has 0 bridgehead atoms. The summed E-state index contributed by atoms with van der Waals surface area (Å²) in [6, 6.07) is 3.64. The molecular weight excluding hydrogens is 331 g/mol. The molecule has 1 fully saturated rings. The molecule has 0 aromatic carbocycles. The normalized spacial score (nSPS) is 21.5. The van der Waals surface area contributed by atoms with Crippen LogP contribution in [0, 0.1) is 0 Å². The van der Waals surface area contributed by atoms with Gasteiger partial charge in [-0.3, -0.25) is 14.7 Å². The molecule has 2 aliphatic heterocycles. The molecule has 1 saturated heterocycles. The average molecular weight is 342 g/mol. The summed E-state index contributed by atoms with van der Waals surface area (Å²) < 4.78 is 0.644. The third-order valence-electron chi connectivity index (χ3n) is 3.09. The number of pyridine rings is 1. The van der Waals surface area contributed by atoms with Crippen LogP contribution in [0.5, 0.6) is 0 Å². The van der Waals surface area contributed by atoms with Crippen LogP contribution in [0.1, 0.15) is 12.5 Å². The minimum atomic E-state index is -1.30. The molecule has 3 heterocycles. The van der Waals surface area contributed by atoms with Crippen LogP contribution in [0.15, 0.2) is 40.0 Å². The second-order valence-corrected chi connectivity index (χ2v) is 7.01. The quantitative estimate of drug-likeness (QED) is 0.360. The average Bonchev–Trinajstić information content (AvgIpc) is 2.82. The van der Waals surface area contributed by atoms with Crippen molar-refractivity contribution in [3.63, 3.8) is 0 Å². The summed E-state index contributed by atoms with van der Waals surface area (Å²) in [5.74, 6) is -0.827. The SMILES string of the molecule is CCSC1=C(C(=O)[O-])N2C(=O)/C(=C/c3cccnc3)C2S1.[Na+]. The van der Waals surface area contributed by atoms with Crippen molar-refractivity contribution >= 4 is 41.5 Å². The number of carboxylic acid groups (broad SMARTS) is 1. The summed E-state index contributed by atoms with van der Waals surface area (Å²) in [6.45, 7) is 1.94. The van der Waals surface area contributed by atoms with Gasteiger partial charge in [-0.1, -0.05) is 24.8 Å². The maximum atomic E-state index is 12.2. The van der Waals surface area contributed by atoms with E-state index in [1.54, 1.807) is 24.5 Å². The summed E-state index contributed by atoms with van der Waals surface area (Å²) in [5.41, 5.74) is 1.43. The molecule has 0 aliphatic carbocycles. The summed E-state index contributed by atoms with van der Waals surface area (Å²) >= 11 is 2.81. The van der Waals surface area contributed by atoms with Crippen LogP contribution >= 0.6 is 23.5 Å². The molecule has 0 N–H and O–H groups in total. The van der Waals surface area contributed by atoms with Crippen LogP contribution in [0.25, 0.3) is 6.08 Å². The van der Waals surface area contributed by atoms with Gasteiger partial charge in [0.05, 0.1) is 21.5 Å². The monoisotopic (exact) mass is 342 g/mol. The van der Waals surface area contributed by atoms with E-state index >= 15 is 0 Å². The molecule has 3 rings (SSSR count). The van der Waals surface area contributed by atoms with Gasteiger partial charge in [0.15, 0.2) is 0 Å². The second-order valence-electron chi connectivity index (χ2n) is 4.39. The van der Waals surface area contributed by atoms with Gasteiger partial charge >= 0.3 is 29.6 Å². The molecular formula is C14H11N2NaO3S2. The predicted molar refractivity (Wildman–Crippen MR) is 80.6 cm³/mol. The van der Waals surface area contributed by atoms with Gasteiger partial charge in [0, 0.05) is 12.4 Å². The number of fused-ring (bicyclic) bond motifs is 1. The molecule has 22 heavy (non-hydrogen) atoms. The summed E-state index contributed by atoms with van der Waals surface area (Å²) in [6.07, 6.45) is 5.08. The van der Waals surface area contributed by atoms with E-state index in [2.05, 4.69) is 4.98 Å². The molecule has 1 unspecified atom stereocenters. The molecule has 1 amide bonds. The number of β-lactam (4-membered cyclic amide) rings is 1. The van der Waals surface area contributed by atoms with Crippen molar-refractivity contribution in [2.75, 3.05) is 5.75 Å². The van der Waals surface area contributed by atoms with E-state index in [4.69, 9.17) is 0 Å². The maximum absolute atomic E-state index is 12.2. The number of carbonyl (C=O) groups excluding carboxylic acids is 2. The van der Waals surface area contributed by atoms with E-state index in [0.717, 1.165) is 11.3 Å². The Morgan fingerprint density at radius 2 is 2.36 bits per heavy atom. The molecule has 1 atom stereocenters. The first-order valence-corrected chi connectivity index (χ1v) is 8.20. The van der Waals surface area contributed by atoms with Crippen LogP contribution in [0.4, 0.5) is 0 Å². The second kappa shape index (κ2) is 7.23. The number of rotatable bonds is 4. The van der Waals surface area contributed by atoms with Gasteiger partial charge in [-0.2, -0.15) is 0 Å². The maximum Gasteiger partial charge on any atom is 1.00 e. The van der Waals surface area contributed by atoms with E-state index in [1.807, 2.05) is 13.0 Å². The van der Waals surface area contributed by atoms with Gasteiger partial charge in [-0.25, -0.2) is 0 Å². The molecule has 108 valence electrons. The zero-order chi connectivity index (χ0) is 15.0. The summed E-state index contributed by atoms with van der Waals surface area (Å²) in [7, 11) is 0. The van der Waals surface area contributed by atoms with Gasteiger partial charge in [0.25, 0.3) is 5.91 Å². The molecule has 5 nitrogen and oxygen atoms in total. The summed E-state index contributed by atoms with van der Waals surface area (Å²) in [4.78, 5) is 28.8. The number of thioether (sulfide) groups is 2. The standard InChI is InChI=1S/C14H12N2O3S2.Na/c1-2-20-14-10(13(18)19)16-11(17)9(12(16)21-14)6-8-4-3-5-15-7-8;/h3-7,12H,2H2,1H3,(H,18,19);/q;+1/p-1/b9-6-;. The van der Waals surface area contributed by atoms with Crippen molar-refractivity contribution < 1.29 is 44.3 Å². The number of hydrogen-bond donors (Lipinski definition) is 0. The number of amides is 1. The van der Waals surface area contributed by atoms with Crippen LogP contribution in [-0.4, -0.2) is 32.9 Å². The van der Waals surface area contributed by atoms with Crippen molar-refractivity contribution in [3.05, 3.63) is 45.6 Å². The zero-order valence-electron chi connectivity index (χ0n) is 12.1. The van der Waals surface area contributed by atoms with Gasteiger partial charge in [0.2, 0.25) is 0 Å². The van der Waals surface area contributed by atoms with E-state index in [1.165, 1.54) is 28.4 Å². The molecule has 2 aliphatic rings. The van der Waals surface area contributed by atoms with E-state index in [0.29, 0.717) is 9.81 Å². The van der Waals surface area contributed by atoms with E-state index in [-0.39, 0.29) is 46.5 Å². The van der Waals surface area contributed by atoms with Crippen molar-refractivity contribution in [2.45, 2.75) is 12.3 Å². The van der Waals surface area contributed by atoms with Gasteiger partial charge in [0.1, 0.15) is 5.37 Å². The minimum Gasteiger partial charge on any atom is -0.543 e. The van der Waals surface area contributed by atoms with E-state index in [9.17, 15) is 14.7 Å². The number of aromatic nitrogens is 1. The van der Waals surface area contributed by atoms with Crippen LogP contribution in [0.3, 0.4) is 0 Å². The minimum absolute atomic E-state index is 0. The van der Waals surface area contributed by atoms with Crippen molar-refractivity contribution in [2.24, 2.45) is 0 Å². The Labute approximate surface area is 158 Å². The number of carbonyl (C=O) groups is 2. The fourth-order valence-corrected chi connectivity index (χ4v) is 4.78. The van der Waals surface area contributed by atoms with Crippen molar-refractivity contribution in [3.8, 4) is 0 Å². The number of carboxylic acids is 1. The Bertz CT molecular complexity index is 676. The Balaban J connectivity index is 0.00000176. The Kier molecular flexibility index (Phi) is 5.79. The molecule has 0 saturated carbocycles. The third-order valence-corrected chi connectivity index (χ3v) is 5.58. The topological polar surface area (TPSA) is 73.3 Å². The van der Waals surface area contributed by atoms with Crippen LogP contribution in [-0.2, 0) is 9.59 Å². The largest absolute Gasteiger partial charge is 1.00 e. The van der Waals surface area contributed by atoms with Gasteiger partial charge in [-0.15, -0.1) is 11.8 Å². The third kappa shape index (κ3) is 3.00. The smallest absolute Gasteiger partial charge is 0.543 e. The Hall–Kier alpha value is -0.730. The Morgan fingerprint density at radius 1 is 1.59 bits per heavy atom. The number of hydrogen-bond acceptors (Lipinski definition) is 6. The molecule has 0 spiro atoms. The number of aliphatic carboxylic acids is 1. The van der Waals surface area contributed by atoms with Crippen molar-refractivity contribution in [1.29, 1.82) is 0 Å². The van der Waals surface area contributed by atoms with Crippen molar-refractivity contribution in [1.82, 2.24) is 9.88 Å². The number of nitrogens with zero attached hydrogens (tertiary/aromatic N) is 2. The first-order valence-electron chi connectivity index (χ1n) is 6.33. The fraction of sp³-hybridized carbons (Fsp3) is 0.214. The van der Waals surface area contributed by atoms with Crippen LogP contribution in [0.2, 0.25) is 0 Å². The molecule has 1 aromatic heterocycles. The first kappa shape index (κ1) is 17.6. The van der Waals surface area contributed by atoms with Crippen LogP contribution < -0.4 is 34.7 Å². The fourth-order valence-electron chi connectivity index (χ4n) is 2.20. The summed E-state index contributed by atoms with van der Waals surface area (Å²) in [5, 5.41) is 11.0. The Morgan fingerprint density at radius 3 is 2.95 bits per heavy atom.